The van der Waals surface area contributed by atoms with Gasteiger partial charge < -0.3 is 10.0 Å². The lowest BCUT2D eigenvalue weighted by Gasteiger charge is -2.28. The summed E-state index contributed by atoms with van der Waals surface area (Å²) in [6.07, 6.45) is 3.97. The van der Waals surface area contributed by atoms with E-state index in [0.717, 1.165) is 25.7 Å². The van der Waals surface area contributed by atoms with Gasteiger partial charge in [-0.05, 0) is 19.8 Å². The fraction of sp³-hybridized carbons (Fsp3) is 0.833. The highest BCUT2D eigenvalue weighted by Gasteiger charge is 2.34. The Kier molecular flexibility index (Phi) is 4.31. The lowest BCUT2D eigenvalue weighted by molar-refractivity contribution is -0.136. The van der Waals surface area contributed by atoms with E-state index in [1.807, 2.05) is 6.92 Å². The number of carbonyl (C=O) groups is 1. The van der Waals surface area contributed by atoms with E-state index >= 15 is 0 Å². The molecule has 0 saturated heterocycles. The Morgan fingerprint density at radius 1 is 1.56 bits per heavy atom. The maximum Gasteiger partial charge on any atom is 0.225 e. The molecule has 1 saturated carbocycles. The van der Waals surface area contributed by atoms with Gasteiger partial charge in [-0.1, -0.05) is 12.8 Å². The first-order chi connectivity index (χ1) is 7.48. The Hall–Kier alpha value is -1.08. The summed E-state index contributed by atoms with van der Waals surface area (Å²) in [6.45, 7) is 1.85. The summed E-state index contributed by atoms with van der Waals surface area (Å²) < 4.78 is 0. The lowest BCUT2D eigenvalue weighted by Crippen LogP contribution is -2.40. The van der Waals surface area contributed by atoms with E-state index in [9.17, 15) is 9.90 Å². The third-order valence-electron chi connectivity index (χ3n) is 3.46. The molecular formula is C12H20N2O2. The highest BCUT2D eigenvalue weighted by atomic mass is 16.3. The second-order valence-electron chi connectivity index (χ2n) is 4.82. The second-order valence-corrected chi connectivity index (χ2v) is 4.82. The van der Waals surface area contributed by atoms with E-state index < -0.39 is 5.60 Å². The highest BCUT2D eigenvalue weighted by molar-refractivity contribution is 5.77. The summed E-state index contributed by atoms with van der Waals surface area (Å²) in [5.41, 5.74) is -0.794. The number of amides is 1. The van der Waals surface area contributed by atoms with Crippen molar-refractivity contribution in [1.82, 2.24) is 4.90 Å². The summed E-state index contributed by atoms with van der Waals surface area (Å²) >= 11 is 0. The van der Waals surface area contributed by atoms with Crippen molar-refractivity contribution in [2.75, 3.05) is 7.05 Å². The van der Waals surface area contributed by atoms with Crippen LogP contribution in [0.3, 0.4) is 0 Å². The minimum absolute atomic E-state index is 0.0628. The Labute approximate surface area is 96.9 Å². The van der Waals surface area contributed by atoms with E-state index in [-0.39, 0.29) is 18.4 Å². The number of hydrogen-bond donors (Lipinski definition) is 1. The van der Waals surface area contributed by atoms with Gasteiger partial charge in [0.05, 0.1) is 24.5 Å². The minimum atomic E-state index is -0.794. The average Bonchev–Trinajstić information content (AvgIpc) is 2.64. The monoisotopic (exact) mass is 224 g/mol. The number of carbonyl (C=O) groups excluding carboxylic acids is 1. The molecule has 0 bridgehead atoms. The van der Waals surface area contributed by atoms with Crippen LogP contribution in [-0.2, 0) is 4.79 Å². The summed E-state index contributed by atoms with van der Waals surface area (Å²) in [6, 6.07) is 1.97. The van der Waals surface area contributed by atoms with Crippen LogP contribution in [0.1, 0.15) is 45.4 Å². The molecule has 0 aromatic heterocycles. The molecule has 0 radical (unpaired) electrons. The molecule has 0 aliphatic heterocycles. The van der Waals surface area contributed by atoms with Gasteiger partial charge in [0.2, 0.25) is 5.91 Å². The molecule has 90 valence electrons. The van der Waals surface area contributed by atoms with Crippen LogP contribution in [0.25, 0.3) is 0 Å². The first kappa shape index (κ1) is 13.0. The van der Waals surface area contributed by atoms with Gasteiger partial charge in [-0.2, -0.15) is 5.26 Å². The van der Waals surface area contributed by atoms with Gasteiger partial charge in [0, 0.05) is 13.1 Å². The van der Waals surface area contributed by atoms with Crippen molar-refractivity contribution >= 4 is 5.91 Å². The molecule has 0 spiro atoms. The van der Waals surface area contributed by atoms with E-state index in [1.54, 1.807) is 11.9 Å². The first-order valence-electron chi connectivity index (χ1n) is 5.83. The summed E-state index contributed by atoms with van der Waals surface area (Å²) in [4.78, 5) is 13.4. The minimum Gasteiger partial charge on any atom is -0.389 e. The van der Waals surface area contributed by atoms with Crippen LogP contribution in [0.5, 0.6) is 0 Å². The molecule has 16 heavy (non-hydrogen) atoms. The first-order valence-corrected chi connectivity index (χ1v) is 5.83. The van der Waals surface area contributed by atoms with Crippen molar-refractivity contribution in [2.45, 2.75) is 57.1 Å². The van der Waals surface area contributed by atoms with Gasteiger partial charge in [0.25, 0.3) is 0 Å². The Balaban J connectivity index is 2.48. The third kappa shape index (κ3) is 3.21. The fourth-order valence-corrected chi connectivity index (χ4v) is 2.13. The molecule has 1 atom stereocenters. The molecule has 1 amide bonds. The maximum atomic E-state index is 11.9. The number of hydrogen-bond acceptors (Lipinski definition) is 3. The van der Waals surface area contributed by atoms with Crippen LogP contribution in [0.4, 0.5) is 0 Å². The molecule has 0 aromatic rings. The smallest absolute Gasteiger partial charge is 0.225 e. The zero-order chi connectivity index (χ0) is 12.2. The lowest BCUT2D eigenvalue weighted by atomic mass is 9.97. The zero-order valence-corrected chi connectivity index (χ0v) is 10.1. The van der Waals surface area contributed by atoms with Crippen molar-refractivity contribution in [3.8, 4) is 6.07 Å². The largest absolute Gasteiger partial charge is 0.389 e. The average molecular weight is 224 g/mol. The molecule has 0 heterocycles. The van der Waals surface area contributed by atoms with Crippen LogP contribution < -0.4 is 0 Å². The van der Waals surface area contributed by atoms with Crippen LogP contribution in [-0.4, -0.2) is 34.6 Å². The van der Waals surface area contributed by atoms with Crippen LogP contribution >= 0.6 is 0 Å². The third-order valence-corrected chi connectivity index (χ3v) is 3.46. The second kappa shape index (κ2) is 5.31. The van der Waals surface area contributed by atoms with Crippen molar-refractivity contribution < 1.29 is 9.90 Å². The fourth-order valence-electron chi connectivity index (χ4n) is 2.13. The summed E-state index contributed by atoms with van der Waals surface area (Å²) in [7, 11) is 1.70. The highest BCUT2D eigenvalue weighted by Crippen LogP contribution is 2.32. The number of rotatable bonds is 4. The molecule has 1 aliphatic carbocycles. The SMILES string of the molecule is CC(CC#N)N(C)C(=O)CC1(O)CCCC1. The van der Waals surface area contributed by atoms with Crippen molar-refractivity contribution in [2.24, 2.45) is 0 Å². The van der Waals surface area contributed by atoms with Crippen molar-refractivity contribution in [1.29, 1.82) is 5.26 Å². The molecule has 4 nitrogen and oxygen atoms in total. The molecule has 4 heteroatoms. The topological polar surface area (TPSA) is 64.3 Å². The van der Waals surface area contributed by atoms with Crippen LogP contribution in [0, 0.1) is 11.3 Å². The Bertz CT molecular complexity index is 290. The van der Waals surface area contributed by atoms with E-state index in [4.69, 9.17) is 5.26 Å². The molecule has 1 unspecified atom stereocenters. The molecule has 1 rings (SSSR count). The molecule has 0 aromatic carbocycles. The predicted octanol–water partition coefficient (Wildman–Crippen LogP) is 1.44. The van der Waals surface area contributed by atoms with Gasteiger partial charge in [-0.15, -0.1) is 0 Å². The molecule has 1 aliphatic rings. The summed E-state index contributed by atoms with van der Waals surface area (Å²) in [5, 5.41) is 18.7. The van der Waals surface area contributed by atoms with Crippen LogP contribution in [0.2, 0.25) is 0 Å². The van der Waals surface area contributed by atoms with Gasteiger partial charge in [-0.25, -0.2) is 0 Å². The van der Waals surface area contributed by atoms with E-state index in [1.165, 1.54) is 0 Å². The van der Waals surface area contributed by atoms with Crippen molar-refractivity contribution in [3.63, 3.8) is 0 Å². The van der Waals surface area contributed by atoms with Gasteiger partial charge >= 0.3 is 0 Å². The standard InChI is InChI=1S/C12H20N2O2/c1-10(5-8-13)14(2)11(15)9-12(16)6-3-4-7-12/h10,16H,3-7,9H2,1-2H3. The molecule has 1 N–H and O–H groups in total. The number of nitriles is 1. The Morgan fingerprint density at radius 2 is 2.12 bits per heavy atom. The number of nitrogens with zero attached hydrogens (tertiary/aromatic N) is 2. The summed E-state index contributed by atoms with van der Waals surface area (Å²) in [5.74, 6) is -0.0628. The number of aliphatic hydroxyl groups is 1. The maximum absolute atomic E-state index is 11.9. The van der Waals surface area contributed by atoms with Crippen molar-refractivity contribution in [3.05, 3.63) is 0 Å². The van der Waals surface area contributed by atoms with E-state index in [0.29, 0.717) is 6.42 Å². The Morgan fingerprint density at radius 3 is 2.62 bits per heavy atom. The quantitative estimate of drug-likeness (QED) is 0.786. The molecule has 1 fully saturated rings. The van der Waals surface area contributed by atoms with Gasteiger partial charge in [-0.3, -0.25) is 4.79 Å². The molecular weight excluding hydrogens is 204 g/mol. The van der Waals surface area contributed by atoms with Gasteiger partial charge in [0.1, 0.15) is 0 Å². The predicted molar refractivity (Wildman–Crippen MR) is 60.5 cm³/mol. The van der Waals surface area contributed by atoms with Crippen LogP contribution in [0.15, 0.2) is 0 Å². The van der Waals surface area contributed by atoms with E-state index in [2.05, 4.69) is 6.07 Å². The zero-order valence-electron chi connectivity index (χ0n) is 10.1. The normalized spacial score (nSPS) is 20.1. The van der Waals surface area contributed by atoms with Gasteiger partial charge in [0.15, 0.2) is 0 Å².